The van der Waals surface area contributed by atoms with E-state index in [1.807, 2.05) is 0 Å². The van der Waals surface area contributed by atoms with Crippen molar-refractivity contribution in [3.63, 3.8) is 0 Å². The number of anilines is 1. The first kappa shape index (κ1) is 27.5. The summed E-state index contributed by atoms with van der Waals surface area (Å²) < 4.78 is 41.2. The highest BCUT2D eigenvalue weighted by Gasteiger charge is 2.50. The number of halogens is 1. The Morgan fingerprint density at radius 3 is 2.51 bits per heavy atom. The number of amides is 1. The third kappa shape index (κ3) is 5.49. The number of fused-ring (bicyclic) bond motifs is 1. The largest absolute Gasteiger partial charge is 0.358 e. The Kier molecular flexibility index (Phi) is 7.61. The molecule has 1 aliphatic carbocycles. The molecular formula is C29H36FN5O3S. The van der Waals surface area contributed by atoms with Crippen LogP contribution in [0.5, 0.6) is 0 Å². The Balaban J connectivity index is 1.42. The minimum Gasteiger partial charge on any atom is -0.358 e. The first-order valence-electron chi connectivity index (χ1n) is 13.6. The lowest BCUT2D eigenvalue weighted by molar-refractivity contribution is -0.134. The molecule has 0 bridgehead atoms. The van der Waals surface area contributed by atoms with Crippen molar-refractivity contribution in [1.82, 2.24) is 19.8 Å². The standard InChI is InChI=1S/C29H36FN5O3S/c1-20(2)34(3)22-11-14-29(15-12-22,18-39(37,38)23-7-5-4-6-8-23)35-16-13-26(28(35)36)33-27-24-17-21(30)9-10-25(24)31-19-32-27/h4-10,17,19-20,22,26H,11-16,18H2,1-3H3,(H,31,32,33). The van der Waals surface area contributed by atoms with Crippen molar-refractivity contribution in [3.8, 4) is 0 Å². The Labute approximate surface area is 229 Å². The van der Waals surface area contributed by atoms with E-state index in [9.17, 15) is 17.6 Å². The van der Waals surface area contributed by atoms with Crippen molar-refractivity contribution in [3.05, 3.63) is 60.7 Å². The SMILES string of the molecule is CC(C)N(C)C1CCC(CS(=O)(=O)c2ccccc2)(N2CCC(Nc3ncnc4ccc(F)cc34)C2=O)CC1. The van der Waals surface area contributed by atoms with Crippen LogP contribution in [-0.2, 0) is 14.6 Å². The first-order valence-corrected chi connectivity index (χ1v) is 15.2. The molecule has 1 aliphatic heterocycles. The number of nitrogens with one attached hydrogen (secondary N) is 1. The summed E-state index contributed by atoms with van der Waals surface area (Å²) in [5.74, 6) is -0.264. The molecule has 8 nitrogen and oxygen atoms in total. The van der Waals surface area contributed by atoms with Crippen molar-refractivity contribution in [2.24, 2.45) is 0 Å². The number of nitrogens with zero attached hydrogens (tertiary/aromatic N) is 4. The molecule has 1 saturated carbocycles. The van der Waals surface area contributed by atoms with Crippen molar-refractivity contribution in [1.29, 1.82) is 0 Å². The van der Waals surface area contributed by atoms with Crippen molar-refractivity contribution >= 4 is 32.5 Å². The zero-order valence-corrected chi connectivity index (χ0v) is 23.5. The van der Waals surface area contributed by atoms with Gasteiger partial charge in [-0.3, -0.25) is 4.79 Å². The van der Waals surface area contributed by atoms with E-state index >= 15 is 0 Å². The van der Waals surface area contributed by atoms with Gasteiger partial charge in [0.15, 0.2) is 9.84 Å². The molecule has 0 radical (unpaired) electrons. The number of aromatic nitrogens is 2. The fourth-order valence-corrected chi connectivity index (χ4v) is 8.01. The van der Waals surface area contributed by atoms with Gasteiger partial charge in [0.2, 0.25) is 5.91 Å². The van der Waals surface area contributed by atoms with Crippen LogP contribution in [0.3, 0.4) is 0 Å². The summed E-state index contributed by atoms with van der Waals surface area (Å²) in [5, 5.41) is 3.72. The van der Waals surface area contributed by atoms with Crippen LogP contribution in [-0.4, -0.2) is 77.1 Å². The third-order valence-corrected chi connectivity index (χ3v) is 10.4. The van der Waals surface area contributed by atoms with Crippen LogP contribution in [0.1, 0.15) is 46.0 Å². The van der Waals surface area contributed by atoms with Gasteiger partial charge >= 0.3 is 0 Å². The van der Waals surface area contributed by atoms with Crippen LogP contribution in [0.15, 0.2) is 59.8 Å². The molecule has 3 aromatic rings. The Hall–Kier alpha value is -3.11. The number of sulfone groups is 1. The maximum atomic E-state index is 14.0. The highest BCUT2D eigenvalue weighted by molar-refractivity contribution is 7.91. The predicted octanol–water partition coefficient (Wildman–Crippen LogP) is 4.28. The molecule has 1 atom stereocenters. The van der Waals surface area contributed by atoms with Crippen LogP contribution in [0.2, 0.25) is 0 Å². The molecule has 39 heavy (non-hydrogen) atoms. The topological polar surface area (TPSA) is 95.5 Å². The molecule has 10 heteroatoms. The number of rotatable bonds is 8. The maximum Gasteiger partial charge on any atom is 0.245 e. The molecule has 208 valence electrons. The highest BCUT2D eigenvalue weighted by atomic mass is 32.2. The number of carbonyl (C=O) groups excluding carboxylic acids is 1. The monoisotopic (exact) mass is 553 g/mol. The molecule has 1 saturated heterocycles. The third-order valence-electron chi connectivity index (χ3n) is 8.52. The Morgan fingerprint density at radius 2 is 1.82 bits per heavy atom. The van der Waals surface area contributed by atoms with Gasteiger partial charge in [0.05, 0.1) is 21.7 Å². The number of benzene rings is 2. The van der Waals surface area contributed by atoms with E-state index in [0.717, 1.165) is 12.8 Å². The lowest BCUT2D eigenvalue weighted by Crippen LogP contribution is -2.58. The van der Waals surface area contributed by atoms with E-state index in [1.165, 1.54) is 18.5 Å². The summed E-state index contributed by atoms with van der Waals surface area (Å²) in [4.78, 5) is 26.8. The number of likely N-dealkylation sites (tertiary alicyclic amines) is 1. The minimum atomic E-state index is -3.63. The van der Waals surface area contributed by atoms with E-state index < -0.39 is 27.2 Å². The van der Waals surface area contributed by atoms with Gasteiger partial charge < -0.3 is 15.1 Å². The van der Waals surface area contributed by atoms with Gasteiger partial charge in [0, 0.05) is 24.0 Å². The van der Waals surface area contributed by atoms with Crippen molar-refractivity contribution in [2.75, 3.05) is 24.7 Å². The molecule has 2 aromatic carbocycles. The fraction of sp³-hybridized carbons (Fsp3) is 0.483. The summed E-state index contributed by atoms with van der Waals surface area (Å²) in [6.45, 7) is 4.76. The maximum absolute atomic E-state index is 14.0. The van der Waals surface area contributed by atoms with Gasteiger partial charge in [-0.2, -0.15) is 0 Å². The van der Waals surface area contributed by atoms with Crippen LogP contribution in [0, 0.1) is 5.82 Å². The zero-order chi connectivity index (χ0) is 27.8. The van der Waals surface area contributed by atoms with E-state index in [4.69, 9.17) is 0 Å². The van der Waals surface area contributed by atoms with Crippen LogP contribution < -0.4 is 5.32 Å². The second-order valence-corrected chi connectivity index (χ2v) is 13.1. The van der Waals surface area contributed by atoms with Gasteiger partial charge in [-0.1, -0.05) is 18.2 Å². The van der Waals surface area contributed by atoms with Crippen molar-refractivity contribution < 1.29 is 17.6 Å². The molecule has 1 N–H and O–H groups in total. The van der Waals surface area contributed by atoms with Gasteiger partial charge in [-0.05, 0) is 83.3 Å². The molecule has 2 fully saturated rings. The molecule has 1 amide bonds. The summed E-state index contributed by atoms with van der Waals surface area (Å²) in [6, 6.07) is 12.9. The molecule has 0 spiro atoms. The number of carbonyl (C=O) groups is 1. The van der Waals surface area contributed by atoms with Gasteiger partial charge in [-0.25, -0.2) is 22.8 Å². The second-order valence-electron chi connectivity index (χ2n) is 11.1. The quantitative estimate of drug-likeness (QED) is 0.445. The summed E-state index contributed by atoms with van der Waals surface area (Å²) in [5.41, 5.74) is -0.217. The Morgan fingerprint density at radius 1 is 1.10 bits per heavy atom. The normalized spacial score (nSPS) is 24.2. The average Bonchev–Trinajstić information content (AvgIpc) is 3.29. The molecule has 1 unspecified atom stereocenters. The van der Waals surface area contributed by atoms with E-state index in [0.29, 0.717) is 54.6 Å². The molecule has 1 aromatic heterocycles. The summed E-state index contributed by atoms with van der Waals surface area (Å²) in [6.07, 6.45) is 4.75. The summed E-state index contributed by atoms with van der Waals surface area (Å²) >= 11 is 0. The van der Waals surface area contributed by atoms with Crippen LogP contribution >= 0.6 is 0 Å². The number of hydrogen-bond acceptors (Lipinski definition) is 7. The van der Waals surface area contributed by atoms with E-state index in [1.54, 1.807) is 41.3 Å². The molecule has 2 heterocycles. The van der Waals surface area contributed by atoms with E-state index in [-0.39, 0.29) is 16.6 Å². The minimum absolute atomic E-state index is 0.109. The average molecular weight is 554 g/mol. The molecule has 5 rings (SSSR count). The lowest BCUT2D eigenvalue weighted by atomic mass is 9.78. The van der Waals surface area contributed by atoms with Gasteiger partial charge in [0.1, 0.15) is 24.0 Å². The number of hydrogen-bond donors (Lipinski definition) is 1. The van der Waals surface area contributed by atoms with Crippen molar-refractivity contribution in [2.45, 2.75) is 74.5 Å². The molecule has 2 aliphatic rings. The van der Waals surface area contributed by atoms with Gasteiger partial charge in [0.25, 0.3) is 0 Å². The predicted molar refractivity (Wildman–Crippen MR) is 150 cm³/mol. The lowest BCUT2D eigenvalue weighted by Gasteiger charge is -2.48. The Bertz CT molecular complexity index is 1440. The first-order chi connectivity index (χ1) is 18.6. The smallest absolute Gasteiger partial charge is 0.245 e. The second kappa shape index (κ2) is 10.8. The van der Waals surface area contributed by atoms with Crippen LogP contribution in [0.4, 0.5) is 10.2 Å². The summed E-state index contributed by atoms with van der Waals surface area (Å²) in [7, 11) is -1.52. The highest BCUT2D eigenvalue weighted by Crippen LogP contribution is 2.40. The van der Waals surface area contributed by atoms with Gasteiger partial charge in [-0.15, -0.1) is 0 Å². The fourth-order valence-electron chi connectivity index (χ4n) is 6.12. The van der Waals surface area contributed by atoms with Crippen LogP contribution in [0.25, 0.3) is 10.9 Å². The molecular weight excluding hydrogens is 517 g/mol. The zero-order valence-electron chi connectivity index (χ0n) is 22.7. The van der Waals surface area contributed by atoms with E-state index in [2.05, 4.69) is 41.1 Å².